The van der Waals surface area contributed by atoms with E-state index >= 15 is 0 Å². The number of nitrogens with two attached hydrogens (primary N) is 1. The van der Waals surface area contributed by atoms with Gasteiger partial charge in [-0.1, -0.05) is 24.3 Å². The summed E-state index contributed by atoms with van der Waals surface area (Å²) in [6.45, 7) is 4.53. The van der Waals surface area contributed by atoms with Crippen molar-refractivity contribution in [3.63, 3.8) is 0 Å². The molecule has 1 aromatic carbocycles. The van der Waals surface area contributed by atoms with E-state index in [0.29, 0.717) is 32.0 Å². The lowest BCUT2D eigenvalue weighted by Crippen LogP contribution is -2.40. The molecule has 1 aliphatic heterocycles. The van der Waals surface area contributed by atoms with E-state index in [-0.39, 0.29) is 35.9 Å². The molecular weight excluding hydrogens is 419 g/mol. The number of guanidine groups is 1. The molecule has 24 heavy (non-hydrogen) atoms. The lowest BCUT2D eigenvalue weighted by Gasteiger charge is -2.15. The standard InChI is InChI=1S/C17H26N4O2.HI/c1-13(12-23-2)20-17(18)19-9-5-8-16(22)21-10-14-6-3-4-7-15(14)11-21;/h3-4,6-7,13H,5,8-12H2,1-2H3,(H3,18,19,20);1H. The van der Waals surface area contributed by atoms with Gasteiger partial charge >= 0.3 is 0 Å². The maximum Gasteiger partial charge on any atom is 0.223 e. The zero-order valence-corrected chi connectivity index (χ0v) is 16.7. The van der Waals surface area contributed by atoms with Crippen molar-refractivity contribution < 1.29 is 9.53 Å². The normalized spacial score (nSPS) is 14.8. The zero-order valence-electron chi connectivity index (χ0n) is 14.3. The van der Waals surface area contributed by atoms with E-state index in [1.807, 2.05) is 24.0 Å². The van der Waals surface area contributed by atoms with Crippen LogP contribution in [-0.4, -0.2) is 43.1 Å². The van der Waals surface area contributed by atoms with Crippen molar-refractivity contribution in [1.82, 2.24) is 10.2 Å². The molecule has 0 fully saturated rings. The van der Waals surface area contributed by atoms with Crippen molar-refractivity contribution in [1.29, 1.82) is 0 Å². The first-order valence-electron chi connectivity index (χ1n) is 8.00. The Morgan fingerprint density at radius 2 is 2.00 bits per heavy atom. The summed E-state index contributed by atoms with van der Waals surface area (Å²) >= 11 is 0. The van der Waals surface area contributed by atoms with Gasteiger partial charge in [-0.15, -0.1) is 24.0 Å². The molecule has 1 aliphatic rings. The summed E-state index contributed by atoms with van der Waals surface area (Å²) in [7, 11) is 1.65. The highest BCUT2D eigenvalue weighted by Gasteiger charge is 2.22. The maximum atomic E-state index is 12.2. The van der Waals surface area contributed by atoms with Crippen LogP contribution in [0, 0.1) is 0 Å². The van der Waals surface area contributed by atoms with E-state index in [2.05, 4.69) is 22.4 Å². The number of halogens is 1. The summed E-state index contributed by atoms with van der Waals surface area (Å²) in [6, 6.07) is 8.32. The Morgan fingerprint density at radius 3 is 2.58 bits per heavy atom. The van der Waals surface area contributed by atoms with Gasteiger partial charge in [-0.3, -0.25) is 9.79 Å². The van der Waals surface area contributed by atoms with Gasteiger partial charge in [-0.25, -0.2) is 0 Å². The van der Waals surface area contributed by atoms with E-state index in [9.17, 15) is 4.79 Å². The third kappa shape index (κ3) is 6.27. The minimum atomic E-state index is 0. The molecule has 1 unspecified atom stereocenters. The lowest BCUT2D eigenvalue weighted by molar-refractivity contribution is -0.131. The van der Waals surface area contributed by atoms with Crippen LogP contribution in [0.3, 0.4) is 0 Å². The molecule has 0 radical (unpaired) electrons. The van der Waals surface area contributed by atoms with E-state index in [1.54, 1.807) is 7.11 Å². The number of rotatable bonds is 7. The van der Waals surface area contributed by atoms with Crippen LogP contribution in [0.4, 0.5) is 0 Å². The van der Waals surface area contributed by atoms with Crippen LogP contribution in [-0.2, 0) is 22.6 Å². The third-order valence-corrected chi connectivity index (χ3v) is 3.84. The summed E-state index contributed by atoms with van der Waals surface area (Å²) in [6.07, 6.45) is 1.20. The number of fused-ring (bicyclic) bond motifs is 1. The Hall–Kier alpha value is -1.35. The Labute approximate surface area is 160 Å². The van der Waals surface area contributed by atoms with Crippen LogP contribution in [0.2, 0.25) is 0 Å². The van der Waals surface area contributed by atoms with E-state index in [0.717, 1.165) is 13.1 Å². The van der Waals surface area contributed by atoms with Gasteiger partial charge in [0.1, 0.15) is 0 Å². The van der Waals surface area contributed by atoms with Crippen LogP contribution in [0.15, 0.2) is 29.3 Å². The monoisotopic (exact) mass is 446 g/mol. The summed E-state index contributed by atoms with van der Waals surface area (Å²) in [4.78, 5) is 18.4. The maximum absolute atomic E-state index is 12.2. The Bertz CT molecular complexity index is 540. The topological polar surface area (TPSA) is 80.0 Å². The Kier molecular flexibility index (Phi) is 9.05. The summed E-state index contributed by atoms with van der Waals surface area (Å²) in [5.41, 5.74) is 8.29. The minimum absolute atomic E-state index is 0. The first kappa shape index (κ1) is 20.7. The quantitative estimate of drug-likeness (QED) is 0.290. The van der Waals surface area contributed by atoms with Crippen LogP contribution in [0.1, 0.15) is 30.9 Å². The largest absolute Gasteiger partial charge is 0.383 e. The molecule has 2 rings (SSSR count). The average molecular weight is 446 g/mol. The molecule has 0 bridgehead atoms. The number of hydrogen-bond acceptors (Lipinski definition) is 3. The fourth-order valence-electron chi connectivity index (χ4n) is 2.69. The molecule has 0 spiro atoms. The van der Waals surface area contributed by atoms with Gasteiger partial charge in [0.15, 0.2) is 5.96 Å². The van der Waals surface area contributed by atoms with Crippen LogP contribution in [0.5, 0.6) is 0 Å². The van der Waals surface area contributed by atoms with Gasteiger partial charge in [-0.05, 0) is 24.5 Å². The molecule has 0 aromatic heterocycles. The second-order valence-electron chi connectivity index (χ2n) is 5.89. The molecule has 134 valence electrons. The lowest BCUT2D eigenvalue weighted by atomic mass is 10.1. The Balaban J connectivity index is 0.00000288. The highest BCUT2D eigenvalue weighted by molar-refractivity contribution is 14.0. The molecule has 1 aromatic rings. The van der Waals surface area contributed by atoms with E-state index < -0.39 is 0 Å². The van der Waals surface area contributed by atoms with Gasteiger partial charge in [0, 0.05) is 39.2 Å². The zero-order chi connectivity index (χ0) is 16.7. The second kappa shape index (κ2) is 10.5. The predicted molar refractivity (Wildman–Crippen MR) is 106 cm³/mol. The van der Waals surface area contributed by atoms with Crippen molar-refractivity contribution in [3.8, 4) is 0 Å². The smallest absolute Gasteiger partial charge is 0.223 e. The molecule has 1 atom stereocenters. The van der Waals surface area contributed by atoms with Crippen molar-refractivity contribution in [2.45, 2.75) is 38.9 Å². The number of nitrogens with zero attached hydrogens (tertiary/aromatic N) is 2. The van der Waals surface area contributed by atoms with Crippen LogP contribution in [0.25, 0.3) is 0 Å². The molecule has 1 amide bonds. The van der Waals surface area contributed by atoms with Gasteiger partial charge < -0.3 is 20.7 Å². The number of carbonyl (C=O) groups is 1. The first-order valence-corrected chi connectivity index (χ1v) is 8.00. The third-order valence-electron chi connectivity index (χ3n) is 3.84. The van der Waals surface area contributed by atoms with Crippen molar-refractivity contribution in [2.75, 3.05) is 20.3 Å². The molecule has 6 nitrogen and oxygen atoms in total. The van der Waals surface area contributed by atoms with Crippen LogP contribution >= 0.6 is 24.0 Å². The summed E-state index contributed by atoms with van der Waals surface area (Å²) < 4.78 is 5.02. The molecule has 0 saturated heterocycles. The van der Waals surface area contributed by atoms with Crippen LogP contribution < -0.4 is 11.1 Å². The van der Waals surface area contributed by atoms with Gasteiger partial charge in [0.05, 0.1) is 6.61 Å². The van der Waals surface area contributed by atoms with Gasteiger partial charge in [-0.2, -0.15) is 0 Å². The molecule has 0 aliphatic carbocycles. The molecule has 7 heteroatoms. The second-order valence-corrected chi connectivity index (χ2v) is 5.89. The number of carbonyl (C=O) groups excluding carboxylic acids is 1. The Morgan fingerprint density at radius 1 is 1.38 bits per heavy atom. The molecule has 0 saturated carbocycles. The summed E-state index contributed by atoms with van der Waals surface area (Å²) in [5.74, 6) is 0.575. The molecule has 3 N–H and O–H groups in total. The number of amides is 1. The first-order chi connectivity index (χ1) is 11.1. The number of methoxy groups -OCH3 is 1. The van der Waals surface area contributed by atoms with Crippen molar-refractivity contribution in [2.24, 2.45) is 10.7 Å². The van der Waals surface area contributed by atoms with Crippen molar-refractivity contribution in [3.05, 3.63) is 35.4 Å². The summed E-state index contributed by atoms with van der Waals surface area (Å²) in [5, 5.41) is 3.04. The number of benzene rings is 1. The minimum Gasteiger partial charge on any atom is -0.383 e. The number of hydrogen-bond donors (Lipinski definition) is 2. The average Bonchev–Trinajstić information content (AvgIpc) is 2.95. The van der Waals surface area contributed by atoms with E-state index in [1.165, 1.54) is 11.1 Å². The fraction of sp³-hybridized carbons (Fsp3) is 0.529. The predicted octanol–water partition coefficient (Wildman–Crippen LogP) is 1.87. The number of ether oxygens (including phenoxy) is 1. The van der Waals surface area contributed by atoms with Gasteiger partial charge in [0.2, 0.25) is 5.91 Å². The number of nitrogens with one attached hydrogen (secondary N) is 1. The highest BCUT2D eigenvalue weighted by atomic mass is 127. The molecule has 1 heterocycles. The van der Waals surface area contributed by atoms with Gasteiger partial charge in [0.25, 0.3) is 0 Å². The SMILES string of the molecule is COCC(C)NC(N)=NCCCC(=O)N1Cc2ccccc2C1.I. The molecular formula is C17H27IN4O2. The van der Waals surface area contributed by atoms with Crippen molar-refractivity contribution >= 4 is 35.8 Å². The fourth-order valence-corrected chi connectivity index (χ4v) is 2.69. The van der Waals surface area contributed by atoms with E-state index in [4.69, 9.17) is 10.5 Å². The highest BCUT2D eigenvalue weighted by Crippen LogP contribution is 2.22. The number of aliphatic imine (C=N–C) groups is 1.